The van der Waals surface area contributed by atoms with Gasteiger partial charge >= 0.3 is 0 Å². The van der Waals surface area contributed by atoms with Gasteiger partial charge in [0.15, 0.2) is 0 Å². The van der Waals surface area contributed by atoms with Crippen molar-refractivity contribution in [2.45, 2.75) is 13.5 Å². The van der Waals surface area contributed by atoms with Crippen LogP contribution in [0, 0.1) is 6.92 Å². The highest BCUT2D eigenvalue weighted by atomic mass is 15.1. The van der Waals surface area contributed by atoms with E-state index in [1.165, 1.54) is 0 Å². The van der Waals surface area contributed by atoms with Crippen LogP contribution in [0.25, 0.3) is 0 Å². The lowest BCUT2D eigenvalue weighted by molar-refractivity contribution is 0.838. The number of hydrogen-bond acceptors (Lipinski definition) is 5. The smallest absolute Gasteiger partial charge is 0.229 e. The molecule has 0 aliphatic heterocycles. The molecule has 0 saturated carbocycles. The number of nitrogens with one attached hydrogen (secondary N) is 3. The summed E-state index contributed by atoms with van der Waals surface area (Å²) in [6.07, 6.45) is 3.51. The number of anilines is 4. The quantitative estimate of drug-likeness (QED) is 0.492. The summed E-state index contributed by atoms with van der Waals surface area (Å²) in [5.41, 5.74) is 4.82. The van der Waals surface area contributed by atoms with Gasteiger partial charge in [-0.25, -0.2) is 4.98 Å². The van der Waals surface area contributed by atoms with Crippen molar-refractivity contribution in [3.63, 3.8) is 0 Å². The van der Waals surface area contributed by atoms with Crippen molar-refractivity contribution in [2.75, 3.05) is 10.6 Å². The number of benzene rings is 2. The molecule has 0 unspecified atom stereocenters. The molecule has 3 rings (SSSR count). The first-order valence-electron chi connectivity index (χ1n) is 8.71. The van der Waals surface area contributed by atoms with Crippen LogP contribution in [-0.2, 0) is 6.54 Å². The molecule has 0 amide bonds. The Balaban J connectivity index is 1.74. The molecular formula is C22H23N5. The van der Waals surface area contributed by atoms with E-state index in [-0.39, 0.29) is 0 Å². The SMILES string of the molecule is C=CC(=C)NCc1cccc(Nc2nc(Nc3ccccc3)ncc2C)c1. The second kappa shape index (κ2) is 8.67. The minimum atomic E-state index is 0.550. The number of hydrogen-bond donors (Lipinski definition) is 3. The number of aryl methyl sites for hydroxylation is 1. The first-order valence-corrected chi connectivity index (χ1v) is 8.71. The lowest BCUT2D eigenvalue weighted by Gasteiger charge is -2.12. The molecule has 0 radical (unpaired) electrons. The Morgan fingerprint density at radius 3 is 2.59 bits per heavy atom. The number of nitrogens with zero attached hydrogens (tertiary/aromatic N) is 2. The molecule has 0 saturated heterocycles. The lowest BCUT2D eigenvalue weighted by Crippen LogP contribution is -2.10. The third-order valence-corrected chi connectivity index (χ3v) is 3.96. The van der Waals surface area contributed by atoms with Gasteiger partial charge in [-0.05, 0) is 42.8 Å². The normalized spacial score (nSPS) is 10.1. The molecule has 0 aliphatic rings. The van der Waals surface area contributed by atoms with Gasteiger partial charge in [0.25, 0.3) is 0 Å². The van der Waals surface area contributed by atoms with E-state index in [1.807, 2.05) is 49.4 Å². The predicted molar refractivity (Wildman–Crippen MR) is 112 cm³/mol. The summed E-state index contributed by atoms with van der Waals surface area (Å²) in [5, 5.41) is 9.81. The maximum atomic E-state index is 4.60. The summed E-state index contributed by atoms with van der Waals surface area (Å²) >= 11 is 0. The summed E-state index contributed by atoms with van der Waals surface area (Å²) in [7, 11) is 0. The molecule has 2 aromatic carbocycles. The first-order chi connectivity index (χ1) is 13.1. The van der Waals surface area contributed by atoms with Crippen LogP contribution < -0.4 is 16.0 Å². The van der Waals surface area contributed by atoms with Crippen LogP contribution >= 0.6 is 0 Å². The van der Waals surface area contributed by atoms with E-state index in [1.54, 1.807) is 12.3 Å². The van der Waals surface area contributed by atoms with Crippen LogP contribution in [0.1, 0.15) is 11.1 Å². The standard InChI is InChI=1S/C22H23N5/c1-4-17(3)23-15-18-9-8-12-20(13-18)25-21-16(2)14-24-22(27-21)26-19-10-6-5-7-11-19/h4-14,23H,1,3,15H2,2H3,(H2,24,25,26,27). The Morgan fingerprint density at radius 2 is 1.81 bits per heavy atom. The monoisotopic (exact) mass is 357 g/mol. The van der Waals surface area contributed by atoms with E-state index in [2.05, 4.69) is 51.2 Å². The maximum Gasteiger partial charge on any atom is 0.229 e. The van der Waals surface area contributed by atoms with E-state index in [9.17, 15) is 0 Å². The molecule has 1 heterocycles. The van der Waals surface area contributed by atoms with E-state index >= 15 is 0 Å². The summed E-state index contributed by atoms with van der Waals surface area (Å²) in [5.74, 6) is 1.32. The Bertz CT molecular complexity index is 934. The zero-order valence-electron chi connectivity index (χ0n) is 15.4. The number of allylic oxidation sites excluding steroid dienone is 1. The highest BCUT2D eigenvalue weighted by Crippen LogP contribution is 2.21. The van der Waals surface area contributed by atoms with Gasteiger partial charge in [-0.15, -0.1) is 0 Å². The molecule has 0 bridgehead atoms. The second-order valence-electron chi connectivity index (χ2n) is 6.12. The third kappa shape index (κ3) is 5.19. The molecule has 0 fully saturated rings. The van der Waals surface area contributed by atoms with Crippen LogP contribution in [0.2, 0.25) is 0 Å². The van der Waals surface area contributed by atoms with E-state index in [4.69, 9.17) is 0 Å². The molecule has 5 heteroatoms. The van der Waals surface area contributed by atoms with Gasteiger partial charge in [-0.1, -0.05) is 43.5 Å². The highest BCUT2D eigenvalue weighted by molar-refractivity contribution is 5.62. The van der Waals surface area contributed by atoms with Crippen LogP contribution in [0.5, 0.6) is 0 Å². The van der Waals surface area contributed by atoms with Crippen LogP contribution in [-0.4, -0.2) is 9.97 Å². The number of aromatic nitrogens is 2. The second-order valence-corrected chi connectivity index (χ2v) is 6.12. The van der Waals surface area contributed by atoms with Gasteiger partial charge in [0, 0.05) is 35.4 Å². The summed E-state index contributed by atoms with van der Waals surface area (Å²) in [6, 6.07) is 18.0. The molecule has 1 aromatic heterocycles. The van der Waals surface area contributed by atoms with E-state index in [0.29, 0.717) is 12.5 Å². The zero-order chi connectivity index (χ0) is 19.1. The molecule has 27 heavy (non-hydrogen) atoms. The third-order valence-electron chi connectivity index (χ3n) is 3.96. The lowest BCUT2D eigenvalue weighted by atomic mass is 10.2. The molecule has 3 N–H and O–H groups in total. The van der Waals surface area contributed by atoms with Crippen molar-refractivity contribution >= 4 is 23.1 Å². The fraction of sp³-hybridized carbons (Fsp3) is 0.0909. The van der Waals surface area contributed by atoms with Gasteiger partial charge in [0.05, 0.1) is 0 Å². The van der Waals surface area contributed by atoms with Crippen molar-refractivity contribution in [3.8, 4) is 0 Å². The van der Waals surface area contributed by atoms with Crippen LogP contribution in [0.4, 0.5) is 23.1 Å². The fourth-order valence-electron chi connectivity index (χ4n) is 2.46. The van der Waals surface area contributed by atoms with Gasteiger partial charge in [0.1, 0.15) is 5.82 Å². The number of para-hydroxylation sites is 1. The fourth-order valence-corrected chi connectivity index (χ4v) is 2.46. The summed E-state index contributed by atoms with van der Waals surface area (Å²) in [6.45, 7) is 10.2. The Hall–Kier alpha value is -3.60. The average Bonchev–Trinajstić information content (AvgIpc) is 2.70. The first kappa shape index (κ1) is 18.2. The molecule has 0 atom stereocenters. The summed E-state index contributed by atoms with van der Waals surface area (Å²) < 4.78 is 0. The summed E-state index contributed by atoms with van der Waals surface area (Å²) in [4.78, 5) is 8.96. The molecule has 0 aliphatic carbocycles. The Labute approximate surface area is 159 Å². The zero-order valence-corrected chi connectivity index (χ0v) is 15.4. The highest BCUT2D eigenvalue weighted by Gasteiger charge is 2.06. The van der Waals surface area contributed by atoms with Crippen molar-refractivity contribution in [1.82, 2.24) is 15.3 Å². The van der Waals surface area contributed by atoms with Gasteiger partial charge in [0.2, 0.25) is 5.95 Å². The molecule has 0 spiro atoms. The largest absolute Gasteiger partial charge is 0.381 e. The van der Waals surface area contributed by atoms with Crippen molar-refractivity contribution < 1.29 is 0 Å². The van der Waals surface area contributed by atoms with E-state index in [0.717, 1.165) is 34.0 Å². The van der Waals surface area contributed by atoms with Crippen molar-refractivity contribution in [2.24, 2.45) is 0 Å². The molecule has 5 nitrogen and oxygen atoms in total. The predicted octanol–water partition coefficient (Wildman–Crippen LogP) is 5.06. The topological polar surface area (TPSA) is 61.9 Å². The van der Waals surface area contributed by atoms with Crippen molar-refractivity contribution in [1.29, 1.82) is 0 Å². The molecule has 136 valence electrons. The van der Waals surface area contributed by atoms with Crippen molar-refractivity contribution in [3.05, 3.63) is 96.9 Å². The molecule has 3 aromatic rings. The average molecular weight is 357 g/mol. The van der Waals surface area contributed by atoms with Gasteiger partial charge < -0.3 is 16.0 Å². The number of rotatable bonds is 8. The van der Waals surface area contributed by atoms with Gasteiger partial charge in [-0.3, -0.25) is 0 Å². The Kier molecular flexibility index (Phi) is 5.84. The van der Waals surface area contributed by atoms with Gasteiger partial charge in [-0.2, -0.15) is 4.98 Å². The van der Waals surface area contributed by atoms with Crippen LogP contribution in [0.15, 0.2) is 85.7 Å². The van der Waals surface area contributed by atoms with E-state index < -0.39 is 0 Å². The van der Waals surface area contributed by atoms with Crippen LogP contribution in [0.3, 0.4) is 0 Å². The maximum absolute atomic E-state index is 4.60. The minimum absolute atomic E-state index is 0.550. The minimum Gasteiger partial charge on any atom is -0.381 e. The Morgan fingerprint density at radius 1 is 1.04 bits per heavy atom. The molecular weight excluding hydrogens is 334 g/mol.